The Hall–Kier alpha value is -3.43. The molecule has 1 aliphatic rings. The average Bonchev–Trinajstić information content (AvgIpc) is 3.39. The van der Waals surface area contributed by atoms with Crippen LogP contribution < -0.4 is 9.47 Å². The zero-order valence-corrected chi connectivity index (χ0v) is 18.4. The number of thiocarbonyl (C=S) groups is 1. The predicted octanol–water partition coefficient (Wildman–Crippen LogP) is 5.05. The number of nitrogens with zero attached hydrogens (tertiary/aromatic N) is 1. The summed E-state index contributed by atoms with van der Waals surface area (Å²) < 4.78 is 30.2. The third-order valence-corrected chi connectivity index (χ3v) is 5.93. The molecule has 1 amide bonds. The van der Waals surface area contributed by atoms with Crippen LogP contribution >= 0.6 is 24.0 Å². The Morgan fingerprint density at radius 3 is 2.72 bits per heavy atom. The summed E-state index contributed by atoms with van der Waals surface area (Å²) in [4.78, 5) is 27.0. The van der Waals surface area contributed by atoms with Gasteiger partial charge in [0.1, 0.15) is 15.9 Å². The fourth-order valence-corrected chi connectivity index (χ4v) is 4.24. The van der Waals surface area contributed by atoms with Crippen LogP contribution in [-0.2, 0) is 11.3 Å². The zero-order chi connectivity index (χ0) is 22.7. The van der Waals surface area contributed by atoms with Crippen molar-refractivity contribution in [3.05, 3.63) is 88.5 Å². The first-order valence-electron chi connectivity index (χ1n) is 9.39. The van der Waals surface area contributed by atoms with Crippen molar-refractivity contribution in [3.63, 3.8) is 0 Å². The van der Waals surface area contributed by atoms with Crippen LogP contribution in [0.1, 0.15) is 21.7 Å². The van der Waals surface area contributed by atoms with Gasteiger partial charge in [-0.25, -0.2) is 9.18 Å². The van der Waals surface area contributed by atoms with E-state index in [4.69, 9.17) is 26.1 Å². The van der Waals surface area contributed by atoms with E-state index in [1.807, 2.05) is 0 Å². The van der Waals surface area contributed by atoms with E-state index in [-0.39, 0.29) is 29.5 Å². The Bertz CT molecular complexity index is 1220. The zero-order valence-electron chi connectivity index (χ0n) is 16.7. The minimum Gasteiger partial charge on any atom is -0.493 e. The minimum absolute atomic E-state index is 0.128. The van der Waals surface area contributed by atoms with E-state index in [0.29, 0.717) is 20.5 Å². The van der Waals surface area contributed by atoms with Crippen LogP contribution in [-0.4, -0.2) is 28.2 Å². The van der Waals surface area contributed by atoms with Crippen molar-refractivity contribution in [2.75, 3.05) is 7.11 Å². The maximum atomic E-state index is 13.8. The van der Waals surface area contributed by atoms with Crippen LogP contribution in [0.3, 0.4) is 0 Å². The number of ether oxygens (including phenoxy) is 2. The molecule has 0 aliphatic carbocycles. The molecule has 0 bridgehead atoms. The quantitative estimate of drug-likeness (QED) is 0.217. The molecule has 9 heteroatoms. The monoisotopic (exact) mass is 469 g/mol. The molecule has 0 spiro atoms. The highest BCUT2D eigenvalue weighted by Crippen LogP contribution is 2.35. The number of amides is 1. The summed E-state index contributed by atoms with van der Waals surface area (Å²) >= 11 is 6.52. The molecule has 0 radical (unpaired) electrons. The van der Waals surface area contributed by atoms with Crippen molar-refractivity contribution in [1.29, 1.82) is 0 Å². The Kier molecular flexibility index (Phi) is 6.38. The average molecular weight is 470 g/mol. The first-order valence-corrected chi connectivity index (χ1v) is 10.6. The van der Waals surface area contributed by atoms with Gasteiger partial charge in [0.15, 0.2) is 11.5 Å². The van der Waals surface area contributed by atoms with Gasteiger partial charge >= 0.3 is 5.97 Å². The number of halogens is 1. The molecule has 6 nitrogen and oxygen atoms in total. The molecular formula is C23H16FNO5S2. The second-order valence-corrected chi connectivity index (χ2v) is 8.30. The number of rotatable bonds is 6. The number of carbonyl (C=O) groups is 2. The van der Waals surface area contributed by atoms with Crippen molar-refractivity contribution in [2.24, 2.45) is 0 Å². The highest BCUT2D eigenvalue weighted by molar-refractivity contribution is 8.26. The highest BCUT2D eigenvalue weighted by atomic mass is 32.2. The summed E-state index contributed by atoms with van der Waals surface area (Å²) in [5.74, 6) is -0.731. The topological polar surface area (TPSA) is 69.0 Å². The number of thioether (sulfide) groups is 1. The minimum atomic E-state index is -0.840. The summed E-state index contributed by atoms with van der Waals surface area (Å²) in [7, 11) is 1.42. The lowest BCUT2D eigenvalue weighted by Crippen LogP contribution is -2.27. The Morgan fingerprint density at radius 1 is 1.19 bits per heavy atom. The van der Waals surface area contributed by atoms with E-state index in [1.54, 1.807) is 36.4 Å². The van der Waals surface area contributed by atoms with Crippen LogP contribution in [0.5, 0.6) is 11.5 Å². The molecule has 1 aromatic heterocycles. The maximum absolute atomic E-state index is 13.8. The number of benzene rings is 2. The van der Waals surface area contributed by atoms with Crippen LogP contribution in [0, 0.1) is 5.82 Å². The summed E-state index contributed by atoms with van der Waals surface area (Å²) in [6.07, 6.45) is 3.21. The molecule has 0 saturated carbocycles. The van der Waals surface area contributed by atoms with Gasteiger partial charge in [0.2, 0.25) is 0 Å². The summed E-state index contributed by atoms with van der Waals surface area (Å²) in [5, 5.41) is 0. The number of carbonyl (C=O) groups excluding carboxylic acids is 2. The SMILES string of the molecule is COc1cc(C=C2SC(=S)N(Cc3ccco3)C2=O)ccc1OC(=O)c1ccccc1F. The van der Waals surface area contributed by atoms with Gasteiger partial charge in [-0.1, -0.05) is 42.2 Å². The summed E-state index contributed by atoms with van der Waals surface area (Å²) in [6.45, 7) is 0.253. The van der Waals surface area contributed by atoms with Crippen molar-refractivity contribution in [2.45, 2.75) is 6.54 Å². The van der Waals surface area contributed by atoms with Crippen LogP contribution in [0.4, 0.5) is 4.39 Å². The van der Waals surface area contributed by atoms with Crippen molar-refractivity contribution < 1.29 is 27.9 Å². The number of furan rings is 1. The second-order valence-electron chi connectivity index (χ2n) is 6.63. The molecule has 2 heterocycles. The lowest BCUT2D eigenvalue weighted by atomic mass is 10.1. The Labute approximate surface area is 192 Å². The molecule has 162 valence electrons. The summed E-state index contributed by atoms with van der Waals surface area (Å²) in [6, 6.07) is 13.9. The van der Waals surface area contributed by atoms with Gasteiger partial charge in [-0.2, -0.15) is 0 Å². The third-order valence-electron chi connectivity index (χ3n) is 4.55. The number of hydrogen-bond acceptors (Lipinski definition) is 7. The Balaban J connectivity index is 1.53. The molecule has 4 rings (SSSR count). The number of hydrogen-bond donors (Lipinski definition) is 0. The van der Waals surface area contributed by atoms with Crippen molar-refractivity contribution >= 4 is 46.3 Å². The molecule has 3 aromatic rings. The van der Waals surface area contributed by atoms with Crippen molar-refractivity contribution in [1.82, 2.24) is 4.90 Å². The third kappa shape index (κ3) is 4.58. The van der Waals surface area contributed by atoms with Gasteiger partial charge < -0.3 is 13.9 Å². The fraction of sp³-hybridized carbons (Fsp3) is 0.0870. The Morgan fingerprint density at radius 2 is 2.00 bits per heavy atom. The molecule has 2 aromatic carbocycles. The van der Waals surface area contributed by atoms with E-state index in [1.165, 1.54) is 54.3 Å². The van der Waals surface area contributed by atoms with E-state index in [2.05, 4.69) is 0 Å². The van der Waals surface area contributed by atoms with Crippen LogP contribution in [0.25, 0.3) is 6.08 Å². The number of methoxy groups -OCH3 is 1. The maximum Gasteiger partial charge on any atom is 0.346 e. The van der Waals surface area contributed by atoms with Gasteiger partial charge in [-0.05, 0) is 48.0 Å². The van der Waals surface area contributed by atoms with Gasteiger partial charge in [0.25, 0.3) is 5.91 Å². The van der Waals surface area contributed by atoms with E-state index in [9.17, 15) is 14.0 Å². The van der Waals surface area contributed by atoms with Crippen LogP contribution in [0.2, 0.25) is 0 Å². The smallest absolute Gasteiger partial charge is 0.346 e. The van der Waals surface area contributed by atoms with Gasteiger partial charge in [-0.3, -0.25) is 9.69 Å². The lowest BCUT2D eigenvalue weighted by molar-refractivity contribution is -0.122. The van der Waals surface area contributed by atoms with Crippen molar-refractivity contribution in [3.8, 4) is 11.5 Å². The molecule has 1 aliphatic heterocycles. The predicted molar refractivity (Wildman–Crippen MR) is 122 cm³/mol. The molecule has 0 N–H and O–H groups in total. The first kappa shape index (κ1) is 21.8. The van der Waals surface area contributed by atoms with E-state index in [0.717, 1.165) is 0 Å². The van der Waals surface area contributed by atoms with E-state index >= 15 is 0 Å². The standard InChI is InChI=1S/C23H16FNO5S2/c1-28-19-11-14(8-9-18(19)30-22(27)16-6-2-3-7-17(16)24)12-20-21(26)25(23(31)32-20)13-15-5-4-10-29-15/h2-12H,13H2,1H3. The van der Waals surface area contributed by atoms with Gasteiger partial charge in [0, 0.05) is 0 Å². The normalized spacial score (nSPS) is 14.8. The lowest BCUT2D eigenvalue weighted by Gasteiger charge is -2.12. The van der Waals surface area contributed by atoms with Gasteiger partial charge in [0.05, 0.1) is 30.4 Å². The highest BCUT2D eigenvalue weighted by Gasteiger charge is 2.32. The molecule has 1 fully saturated rings. The van der Waals surface area contributed by atoms with Crippen LogP contribution in [0.15, 0.2) is 70.2 Å². The molecule has 32 heavy (non-hydrogen) atoms. The summed E-state index contributed by atoms with van der Waals surface area (Å²) in [5.41, 5.74) is 0.463. The molecule has 1 saturated heterocycles. The first-order chi connectivity index (χ1) is 15.5. The molecular weight excluding hydrogens is 453 g/mol. The molecule has 0 unspecified atom stereocenters. The second kappa shape index (κ2) is 9.37. The number of esters is 1. The fourth-order valence-electron chi connectivity index (χ4n) is 2.99. The van der Waals surface area contributed by atoms with Gasteiger partial charge in [-0.15, -0.1) is 0 Å². The largest absolute Gasteiger partial charge is 0.493 e. The molecule has 0 atom stereocenters. The van der Waals surface area contributed by atoms with E-state index < -0.39 is 11.8 Å².